The summed E-state index contributed by atoms with van der Waals surface area (Å²) in [6.45, 7) is 0.745. The van der Waals surface area contributed by atoms with Crippen LogP contribution in [0.2, 0.25) is 0 Å². The molecule has 19 heavy (non-hydrogen) atoms. The highest BCUT2D eigenvalue weighted by Crippen LogP contribution is 1.96. The number of hydrogen-bond acceptors (Lipinski definition) is 5. The summed E-state index contributed by atoms with van der Waals surface area (Å²) in [6, 6.07) is 0. The Kier molecular flexibility index (Phi) is 5.86. The summed E-state index contributed by atoms with van der Waals surface area (Å²) in [6.07, 6.45) is 3.57. The van der Waals surface area contributed by atoms with Crippen LogP contribution in [0, 0.1) is 0 Å². The summed E-state index contributed by atoms with van der Waals surface area (Å²) in [5.41, 5.74) is 0. The van der Waals surface area contributed by atoms with Crippen LogP contribution >= 0.6 is 0 Å². The zero-order chi connectivity index (χ0) is 14.3. The molecule has 1 aromatic heterocycles. The highest BCUT2D eigenvalue weighted by atomic mass is 32.2. The molecule has 1 aromatic rings. The molecule has 2 N–H and O–H groups in total. The Morgan fingerprint density at radius 1 is 1.53 bits per heavy atom. The summed E-state index contributed by atoms with van der Waals surface area (Å²) in [5.74, 6) is -1.03. The number of aromatic nitrogens is 3. The number of rotatable bonds is 9. The Balaban J connectivity index is 2.27. The third-order valence-corrected chi connectivity index (χ3v) is 3.94. The molecule has 0 amide bonds. The molecule has 9 nitrogen and oxygen atoms in total. The highest BCUT2D eigenvalue weighted by molar-refractivity contribution is 7.87. The molecular weight excluding hydrogens is 274 g/mol. The molecule has 0 saturated carbocycles. The molecule has 0 aliphatic carbocycles. The van der Waals surface area contributed by atoms with Gasteiger partial charge in [0.05, 0.1) is 12.6 Å². The van der Waals surface area contributed by atoms with Gasteiger partial charge in [-0.15, -0.1) is 5.10 Å². The van der Waals surface area contributed by atoms with Gasteiger partial charge in [0.1, 0.15) is 0 Å². The minimum atomic E-state index is -3.62. The number of carboxylic acids is 1. The number of nitrogens with zero attached hydrogens (tertiary/aromatic N) is 4. The molecule has 0 bridgehead atoms. The fourth-order valence-corrected chi connectivity index (χ4v) is 2.23. The van der Waals surface area contributed by atoms with Crippen molar-refractivity contribution in [3.05, 3.63) is 12.4 Å². The van der Waals surface area contributed by atoms with Gasteiger partial charge in [0.2, 0.25) is 0 Å². The standard InChI is InChI=1S/C9H17N5O4S/c1-13(7-3-9(15)16)19(17,18)11-4-2-6-14-8-5-10-12-14/h5,8,11H,2-4,6-7H2,1H3,(H,15,16). The van der Waals surface area contributed by atoms with Crippen molar-refractivity contribution in [2.75, 3.05) is 20.1 Å². The molecule has 0 aromatic carbocycles. The van der Waals surface area contributed by atoms with Crippen LogP contribution in [0.1, 0.15) is 12.8 Å². The van der Waals surface area contributed by atoms with E-state index in [2.05, 4.69) is 15.0 Å². The van der Waals surface area contributed by atoms with Crippen molar-refractivity contribution >= 4 is 16.2 Å². The van der Waals surface area contributed by atoms with Gasteiger partial charge in [0.15, 0.2) is 0 Å². The lowest BCUT2D eigenvalue weighted by molar-refractivity contribution is -0.137. The number of carbonyl (C=O) groups is 1. The van der Waals surface area contributed by atoms with Gasteiger partial charge in [0, 0.05) is 32.9 Å². The average Bonchev–Trinajstić information content (AvgIpc) is 2.84. The van der Waals surface area contributed by atoms with Crippen LogP contribution in [0.15, 0.2) is 12.4 Å². The van der Waals surface area contributed by atoms with E-state index in [1.807, 2.05) is 0 Å². The van der Waals surface area contributed by atoms with Crippen molar-refractivity contribution in [2.45, 2.75) is 19.4 Å². The van der Waals surface area contributed by atoms with Crippen LogP contribution in [-0.2, 0) is 21.5 Å². The van der Waals surface area contributed by atoms with Gasteiger partial charge >= 0.3 is 5.97 Å². The van der Waals surface area contributed by atoms with Crippen molar-refractivity contribution in [2.24, 2.45) is 0 Å². The van der Waals surface area contributed by atoms with Crippen LogP contribution in [-0.4, -0.2) is 58.9 Å². The smallest absolute Gasteiger partial charge is 0.304 e. The summed E-state index contributed by atoms with van der Waals surface area (Å²) in [7, 11) is -2.29. The Morgan fingerprint density at radius 3 is 2.84 bits per heavy atom. The first-order chi connectivity index (χ1) is 8.92. The molecule has 0 radical (unpaired) electrons. The van der Waals surface area contributed by atoms with Gasteiger partial charge in [-0.05, 0) is 6.42 Å². The Hall–Kier alpha value is -1.52. The lowest BCUT2D eigenvalue weighted by Crippen LogP contribution is -2.39. The minimum Gasteiger partial charge on any atom is -0.481 e. The van der Waals surface area contributed by atoms with Crippen molar-refractivity contribution in [3.63, 3.8) is 0 Å². The topological polar surface area (TPSA) is 117 Å². The number of hydrogen-bond donors (Lipinski definition) is 2. The maximum atomic E-state index is 11.7. The fourth-order valence-electron chi connectivity index (χ4n) is 1.28. The largest absolute Gasteiger partial charge is 0.481 e. The van der Waals surface area contributed by atoms with Crippen molar-refractivity contribution in [3.8, 4) is 0 Å². The first-order valence-corrected chi connectivity index (χ1v) is 7.12. The zero-order valence-electron chi connectivity index (χ0n) is 10.6. The second kappa shape index (κ2) is 7.16. The van der Waals surface area contributed by atoms with E-state index in [1.165, 1.54) is 7.05 Å². The minimum absolute atomic E-state index is 0.0618. The van der Waals surface area contributed by atoms with Gasteiger partial charge in [-0.25, -0.2) is 4.72 Å². The van der Waals surface area contributed by atoms with Crippen molar-refractivity contribution in [1.29, 1.82) is 0 Å². The molecule has 108 valence electrons. The van der Waals surface area contributed by atoms with E-state index in [-0.39, 0.29) is 19.5 Å². The van der Waals surface area contributed by atoms with Crippen LogP contribution < -0.4 is 4.72 Å². The van der Waals surface area contributed by atoms with Crippen LogP contribution in [0.25, 0.3) is 0 Å². The molecule has 0 unspecified atom stereocenters. The number of carboxylic acid groups (broad SMARTS) is 1. The second-order valence-corrected chi connectivity index (χ2v) is 5.75. The predicted octanol–water partition coefficient (Wildman–Crippen LogP) is -1.09. The van der Waals surface area contributed by atoms with Gasteiger partial charge in [0.25, 0.3) is 10.2 Å². The van der Waals surface area contributed by atoms with E-state index in [1.54, 1.807) is 17.1 Å². The SMILES string of the molecule is CN(CCC(=O)O)S(=O)(=O)NCCCn1ccnn1. The molecule has 0 saturated heterocycles. The Morgan fingerprint density at radius 2 is 2.26 bits per heavy atom. The molecule has 0 aliphatic rings. The van der Waals surface area contributed by atoms with Crippen LogP contribution in [0.5, 0.6) is 0 Å². The monoisotopic (exact) mass is 291 g/mol. The van der Waals surface area contributed by atoms with Gasteiger partial charge in [-0.1, -0.05) is 5.21 Å². The quantitative estimate of drug-likeness (QED) is 0.558. The van der Waals surface area contributed by atoms with E-state index in [4.69, 9.17) is 5.11 Å². The number of aliphatic carboxylic acids is 1. The molecule has 0 aliphatic heterocycles. The molecule has 1 heterocycles. The average molecular weight is 291 g/mol. The highest BCUT2D eigenvalue weighted by Gasteiger charge is 2.17. The molecule has 0 atom stereocenters. The third-order valence-electron chi connectivity index (χ3n) is 2.37. The third kappa shape index (κ3) is 5.77. The summed E-state index contributed by atoms with van der Waals surface area (Å²) in [5, 5.41) is 15.9. The predicted molar refractivity (Wildman–Crippen MR) is 66.4 cm³/mol. The normalized spacial score (nSPS) is 11.9. The van der Waals surface area contributed by atoms with Crippen molar-refractivity contribution < 1.29 is 18.3 Å². The van der Waals surface area contributed by atoms with Crippen molar-refractivity contribution in [1.82, 2.24) is 24.0 Å². The first-order valence-electron chi connectivity index (χ1n) is 5.68. The summed E-state index contributed by atoms with van der Waals surface area (Å²) in [4.78, 5) is 10.4. The summed E-state index contributed by atoms with van der Waals surface area (Å²) >= 11 is 0. The van der Waals surface area contributed by atoms with Gasteiger partial charge in [-0.2, -0.15) is 12.7 Å². The molecule has 0 fully saturated rings. The molecule has 1 rings (SSSR count). The van der Waals surface area contributed by atoms with Crippen LogP contribution in [0.4, 0.5) is 0 Å². The Bertz CT molecular complexity index is 487. The number of aryl methyl sites for hydroxylation is 1. The summed E-state index contributed by atoms with van der Waals surface area (Å²) < 4.78 is 28.4. The lowest BCUT2D eigenvalue weighted by Gasteiger charge is -2.16. The second-order valence-electron chi connectivity index (χ2n) is 3.88. The van der Waals surface area contributed by atoms with Crippen LogP contribution in [0.3, 0.4) is 0 Å². The van der Waals surface area contributed by atoms with Gasteiger partial charge in [-0.3, -0.25) is 9.48 Å². The molecule has 0 spiro atoms. The zero-order valence-corrected chi connectivity index (χ0v) is 11.4. The van der Waals surface area contributed by atoms with E-state index in [0.717, 1.165) is 4.31 Å². The molecular formula is C9H17N5O4S. The van der Waals surface area contributed by atoms with E-state index >= 15 is 0 Å². The number of nitrogens with one attached hydrogen (secondary N) is 1. The fraction of sp³-hybridized carbons (Fsp3) is 0.667. The first kappa shape index (κ1) is 15.5. The molecule has 10 heteroatoms. The maximum Gasteiger partial charge on any atom is 0.304 e. The lowest BCUT2D eigenvalue weighted by atomic mass is 10.4. The van der Waals surface area contributed by atoms with E-state index in [9.17, 15) is 13.2 Å². The Labute approximate surface area is 111 Å². The maximum absolute atomic E-state index is 11.7. The van der Waals surface area contributed by atoms with E-state index < -0.39 is 16.2 Å². The van der Waals surface area contributed by atoms with Gasteiger partial charge < -0.3 is 5.11 Å². The van der Waals surface area contributed by atoms with E-state index in [0.29, 0.717) is 13.0 Å².